The van der Waals surface area contributed by atoms with Gasteiger partial charge in [-0.2, -0.15) is 0 Å². The number of methoxy groups -OCH3 is 1. The van der Waals surface area contributed by atoms with Gasteiger partial charge in [-0.1, -0.05) is 32.9 Å². The van der Waals surface area contributed by atoms with E-state index in [1.165, 1.54) is 10.6 Å². The molecule has 114 valence electrons. The Morgan fingerprint density at radius 1 is 1.33 bits per heavy atom. The predicted octanol–water partition coefficient (Wildman–Crippen LogP) is 4.44. The molecule has 0 unspecified atom stereocenters. The van der Waals surface area contributed by atoms with Crippen molar-refractivity contribution in [2.45, 2.75) is 39.7 Å². The summed E-state index contributed by atoms with van der Waals surface area (Å²) in [4.78, 5) is 6.20. The van der Waals surface area contributed by atoms with Crippen molar-refractivity contribution in [3.05, 3.63) is 34.8 Å². The third-order valence-corrected chi connectivity index (χ3v) is 4.42. The fourth-order valence-corrected chi connectivity index (χ4v) is 3.38. The van der Waals surface area contributed by atoms with Crippen LogP contribution in [0, 0.1) is 0 Å². The summed E-state index contributed by atoms with van der Waals surface area (Å²) in [6, 6.07) is 8.12. The predicted molar refractivity (Wildman–Crippen MR) is 90.2 cm³/mol. The van der Waals surface area contributed by atoms with Crippen molar-refractivity contribution in [3.8, 4) is 16.3 Å². The summed E-state index contributed by atoms with van der Waals surface area (Å²) in [6.07, 6.45) is 1.15. The van der Waals surface area contributed by atoms with E-state index in [-0.39, 0.29) is 0 Å². The maximum absolute atomic E-state index is 5.30. The monoisotopic (exact) mass is 304 g/mol. The molecule has 2 aromatic rings. The van der Waals surface area contributed by atoms with Crippen LogP contribution >= 0.6 is 11.3 Å². The molecule has 1 heterocycles. The topological polar surface area (TPSA) is 34.1 Å². The lowest BCUT2D eigenvalue weighted by molar-refractivity contribution is 0.415. The number of rotatable bonds is 7. The third kappa shape index (κ3) is 4.05. The smallest absolute Gasteiger partial charge is 0.124 e. The van der Waals surface area contributed by atoms with E-state index >= 15 is 0 Å². The van der Waals surface area contributed by atoms with E-state index in [9.17, 15) is 0 Å². The van der Waals surface area contributed by atoms with Crippen LogP contribution in [-0.2, 0) is 6.54 Å². The lowest BCUT2D eigenvalue weighted by Crippen LogP contribution is -2.14. The molecule has 21 heavy (non-hydrogen) atoms. The molecule has 0 saturated heterocycles. The molecule has 0 amide bonds. The number of ether oxygens (including phenoxy) is 1. The minimum Gasteiger partial charge on any atom is -0.497 e. The Hall–Kier alpha value is -1.39. The zero-order valence-electron chi connectivity index (χ0n) is 13.3. The van der Waals surface area contributed by atoms with E-state index in [1.54, 1.807) is 18.4 Å². The Morgan fingerprint density at radius 2 is 2.14 bits per heavy atom. The third-order valence-electron chi connectivity index (χ3n) is 3.30. The first-order valence-corrected chi connectivity index (χ1v) is 8.32. The minimum atomic E-state index is 0.444. The maximum Gasteiger partial charge on any atom is 0.124 e. The quantitative estimate of drug-likeness (QED) is 0.768. The van der Waals surface area contributed by atoms with Crippen LogP contribution in [0.5, 0.6) is 5.75 Å². The van der Waals surface area contributed by atoms with Crippen LogP contribution in [0.3, 0.4) is 0 Å². The van der Waals surface area contributed by atoms with Gasteiger partial charge in [-0.15, -0.1) is 11.3 Å². The molecule has 1 N–H and O–H groups in total. The first kappa shape index (κ1) is 16.0. The standard InChI is InChI=1S/C17H24N2OS/c1-5-9-18-11-15-16(12(2)3)19-17(21-15)13-7-6-8-14(10-13)20-4/h6-8,10,12,18H,5,9,11H2,1-4H3. The molecule has 0 fully saturated rings. The number of nitrogens with zero attached hydrogens (tertiary/aromatic N) is 1. The largest absolute Gasteiger partial charge is 0.497 e. The van der Waals surface area contributed by atoms with Gasteiger partial charge in [0.05, 0.1) is 12.8 Å². The second-order valence-corrected chi connectivity index (χ2v) is 6.47. The number of aromatic nitrogens is 1. The van der Waals surface area contributed by atoms with Crippen molar-refractivity contribution >= 4 is 11.3 Å². The van der Waals surface area contributed by atoms with Crippen LogP contribution in [0.4, 0.5) is 0 Å². The van der Waals surface area contributed by atoms with Gasteiger partial charge in [-0.25, -0.2) is 4.98 Å². The number of nitrogens with one attached hydrogen (secondary N) is 1. The van der Waals surface area contributed by atoms with E-state index in [4.69, 9.17) is 9.72 Å². The SMILES string of the molecule is CCCNCc1sc(-c2cccc(OC)c2)nc1C(C)C. The zero-order valence-corrected chi connectivity index (χ0v) is 14.1. The fraction of sp³-hybridized carbons (Fsp3) is 0.471. The van der Waals surface area contributed by atoms with Crippen molar-refractivity contribution < 1.29 is 4.74 Å². The van der Waals surface area contributed by atoms with Gasteiger partial charge in [-0.05, 0) is 31.0 Å². The lowest BCUT2D eigenvalue weighted by atomic mass is 10.1. The minimum absolute atomic E-state index is 0.444. The molecule has 2 rings (SSSR count). The van der Waals surface area contributed by atoms with Gasteiger partial charge in [-0.3, -0.25) is 0 Å². The highest BCUT2D eigenvalue weighted by atomic mass is 32.1. The number of benzene rings is 1. The summed E-state index contributed by atoms with van der Waals surface area (Å²) in [5.74, 6) is 1.32. The zero-order chi connectivity index (χ0) is 15.2. The molecule has 0 aliphatic rings. The normalized spacial score (nSPS) is 11.1. The summed E-state index contributed by atoms with van der Waals surface area (Å²) in [7, 11) is 1.70. The molecular weight excluding hydrogens is 280 g/mol. The summed E-state index contributed by atoms with van der Waals surface area (Å²) in [5, 5.41) is 4.55. The molecule has 0 radical (unpaired) electrons. The number of thiazole rings is 1. The van der Waals surface area contributed by atoms with Gasteiger partial charge in [0.1, 0.15) is 10.8 Å². The van der Waals surface area contributed by atoms with Crippen molar-refractivity contribution in [1.82, 2.24) is 10.3 Å². The molecule has 0 aliphatic heterocycles. The Kier molecular flexibility index (Phi) is 5.76. The highest BCUT2D eigenvalue weighted by molar-refractivity contribution is 7.15. The molecule has 4 heteroatoms. The van der Waals surface area contributed by atoms with E-state index < -0.39 is 0 Å². The molecule has 3 nitrogen and oxygen atoms in total. The Labute approximate surface area is 131 Å². The van der Waals surface area contributed by atoms with E-state index in [2.05, 4.69) is 32.2 Å². The lowest BCUT2D eigenvalue weighted by Gasteiger charge is -2.05. The molecule has 0 atom stereocenters. The van der Waals surface area contributed by atoms with Crippen molar-refractivity contribution in [2.24, 2.45) is 0 Å². The van der Waals surface area contributed by atoms with Crippen molar-refractivity contribution in [1.29, 1.82) is 0 Å². The molecule has 1 aromatic heterocycles. The van der Waals surface area contributed by atoms with Gasteiger partial charge in [0.2, 0.25) is 0 Å². The van der Waals surface area contributed by atoms with E-state index in [1.807, 2.05) is 18.2 Å². The number of hydrogen-bond acceptors (Lipinski definition) is 4. The summed E-state index contributed by atoms with van der Waals surface area (Å²) in [5.41, 5.74) is 2.34. The second kappa shape index (κ2) is 7.57. The van der Waals surface area contributed by atoms with Gasteiger partial charge >= 0.3 is 0 Å². The van der Waals surface area contributed by atoms with Crippen molar-refractivity contribution in [3.63, 3.8) is 0 Å². The molecule has 0 aliphatic carbocycles. The average Bonchev–Trinajstić information content (AvgIpc) is 2.92. The van der Waals surface area contributed by atoms with E-state index in [0.717, 1.165) is 35.8 Å². The second-order valence-electron chi connectivity index (χ2n) is 5.39. The Bertz CT molecular complexity index is 578. The molecule has 1 aromatic carbocycles. The van der Waals surface area contributed by atoms with Gasteiger partial charge in [0.15, 0.2) is 0 Å². The van der Waals surface area contributed by atoms with Crippen molar-refractivity contribution in [2.75, 3.05) is 13.7 Å². The first-order chi connectivity index (χ1) is 10.2. The Morgan fingerprint density at radius 3 is 2.81 bits per heavy atom. The van der Waals surface area contributed by atoms with Gasteiger partial charge in [0.25, 0.3) is 0 Å². The summed E-state index contributed by atoms with van der Waals surface area (Å²) >= 11 is 1.78. The van der Waals surface area contributed by atoms with Crippen LogP contribution in [0.25, 0.3) is 10.6 Å². The van der Waals surface area contributed by atoms with Gasteiger partial charge in [0, 0.05) is 17.0 Å². The van der Waals surface area contributed by atoms with Crippen LogP contribution in [0.2, 0.25) is 0 Å². The van der Waals surface area contributed by atoms with Crippen LogP contribution < -0.4 is 10.1 Å². The highest BCUT2D eigenvalue weighted by Crippen LogP contribution is 2.33. The Balaban J connectivity index is 2.29. The summed E-state index contributed by atoms with van der Waals surface area (Å²) in [6.45, 7) is 8.54. The van der Waals surface area contributed by atoms with Crippen LogP contribution in [0.1, 0.15) is 43.7 Å². The van der Waals surface area contributed by atoms with E-state index in [0.29, 0.717) is 5.92 Å². The van der Waals surface area contributed by atoms with Crippen LogP contribution in [0.15, 0.2) is 24.3 Å². The first-order valence-electron chi connectivity index (χ1n) is 7.50. The molecule has 0 saturated carbocycles. The number of hydrogen-bond donors (Lipinski definition) is 1. The average molecular weight is 304 g/mol. The maximum atomic E-state index is 5.30. The summed E-state index contributed by atoms with van der Waals surface area (Å²) < 4.78 is 5.30. The highest BCUT2D eigenvalue weighted by Gasteiger charge is 2.15. The van der Waals surface area contributed by atoms with Crippen LogP contribution in [-0.4, -0.2) is 18.6 Å². The molecular formula is C17H24N2OS. The fourth-order valence-electron chi connectivity index (χ4n) is 2.20. The van der Waals surface area contributed by atoms with Gasteiger partial charge < -0.3 is 10.1 Å². The molecule has 0 bridgehead atoms. The molecule has 0 spiro atoms.